The van der Waals surface area contributed by atoms with Crippen LogP contribution < -0.4 is 5.32 Å². The van der Waals surface area contributed by atoms with Gasteiger partial charge in [-0.1, -0.05) is 13.8 Å². The maximum Gasteiger partial charge on any atom is 0.220 e. The Morgan fingerprint density at radius 3 is 2.38 bits per heavy atom. The van der Waals surface area contributed by atoms with Crippen molar-refractivity contribution in [3.63, 3.8) is 0 Å². The van der Waals surface area contributed by atoms with Crippen LogP contribution in [0.1, 0.15) is 33.1 Å². The summed E-state index contributed by atoms with van der Waals surface area (Å²) < 4.78 is 0. The lowest BCUT2D eigenvalue weighted by molar-refractivity contribution is -0.127. The van der Waals surface area contributed by atoms with Crippen molar-refractivity contribution in [1.82, 2.24) is 5.32 Å². The Morgan fingerprint density at radius 2 is 2.00 bits per heavy atom. The van der Waals surface area contributed by atoms with Crippen LogP contribution in [-0.2, 0) is 9.59 Å². The first-order valence-corrected chi connectivity index (χ1v) is 5.21. The third kappa shape index (κ3) is 4.93. The summed E-state index contributed by atoms with van der Waals surface area (Å²) >= 11 is 4.02. The second-order valence-electron chi connectivity index (χ2n) is 2.87. The van der Waals surface area contributed by atoms with Crippen molar-refractivity contribution in [2.45, 2.75) is 39.2 Å². The molecule has 76 valence electrons. The fraction of sp³-hybridized carbons (Fsp3) is 0.778. The molecule has 13 heavy (non-hydrogen) atoms. The van der Waals surface area contributed by atoms with Gasteiger partial charge in [-0.15, -0.1) is 0 Å². The second kappa shape index (κ2) is 6.95. The van der Waals surface area contributed by atoms with Gasteiger partial charge in [0.1, 0.15) is 0 Å². The Bertz CT molecular complexity index is 182. The lowest BCUT2D eigenvalue weighted by Crippen LogP contribution is -2.41. The molecule has 0 aromatic rings. The first kappa shape index (κ1) is 12.5. The maximum absolute atomic E-state index is 11.2. The molecule has 0 aliphatic carbocycles. The summed E-state index contributed by atoms with van der Waals surface area (Å²) in [6.07, 6.45) is 1.71. The van der Waals surface area contributed by atoms with Gasteiger partial charge >= 0.3 is 0 Å². The minimum atomic E-state index is -0.410. The third-order valence-corrected chi connectivity index (χ3v) is 2.10. The molecular weight excluding hydrogens is 186 g/mol. The molecule has 0 fully saturated rings. The average molecular weight is 203 g/mol. The molecule has 4 heteroatoms. The Balaban J connectivity index is 3.97. The summed E-state index contributed by atoms with van der Waals surface area (Å²) in [5.74, 6) is 0.352. The van der Waals surface area contributed by atoms with Crippen molar-refractivity contribution in [2.75, 3.05) is 5.75 Å². The fourth-order valence-corrected chi connectivity index (χ4v) is 1.26. The molecule has 0 spiro atoms. The highest BCUT2D eigenvalue weighted by Gasteiger charge is 2.16. The number of Topliss-reactive ketones (excluding diaryl/α,β-unsaturated/α-hetero) is 1. The molecule has 0 rings (SSSR count). The van der Waals surface area contributed by atoms with E-state index in [4.69, 9.17) is 0 Å². The molecule has 0 radical (unpaired) electrons. The van der Waals surface area contributed by atoms with E-state index in [2.05, 4.69) is 17.9 Å². The van der Waals surface area contributed by atoms with Gasteiger partial charge in [-0.05, 0) is 6.42 Å². The van der Waals surface area contributed by atoms with E-state index in [1.54, 1.807) is 6.92 Å². The Kier molecular flexibility index (Phi) is 6.68. The minimum Gasteiger partial charge on any atom is -0.345 e. The van der Waals surface area contributed by atoms with Gasteiger partial charge in [0.15, 0.2) is 5.78 Å². The van der Waals surface area contributed by atoms with Crippen LogP contribution in [0.25, 0.3) is 0 Å². The van der Waals surface area contributed by atoms with Crippen molar-refractivity contribution in [3.8, 4) is 0 Å². The number of hydrogen-bond donors (Lipinski definition) is 2. The van der Waals surface area contributed by atoms with E-state index in [-0.39, 0.29) is 11.7 Å². The summed E-state index contributed by atoms with van der Waals surface area (Å²) in [4.78, 5) is 22.4. The number of ketones is 1. The quantitative estimate of drug-likeness (QED) is 0.637. The van der Waals surface area contributed by atoms with E-state index in [0.717, 1.165) is 6.42 Å². The minimum absolute atomic E-state index is 0.0412. The summed E-state index contributed by atoms with van der Waals surface area (Å²) in [5, 5.41) is 2.65. The number of amides is 1. The van der Waals surface area contributed by atoms with Crippen LogP contribution in [0.5, 0.6) is 0 Å². The van der Waals surface area contributed by atoms with Crippen molar-refractivity contribution in [3.05, 3.63) is 0 Å². The molecule has 3 nitrogen and oxygen atoms in total. The van der Waals surface area contributed by atoms with Gasteiger partial charge in [-0.25, -0.2) is 0 Å². The van der Waals surface area contributed by atoms with Gasteiger partial charge < -0.3 is 5.32 Å². The molecule has 1 atom stereocenters. The van der Waals surface area contributed by atoms with E-state index in [1.165, 1.54) is 0 Å². The number of nitrogens with one attached hydrogen (secondary N) is 1. The molecule has 0 aromatic carbocycles. The topological polar surface area (TPSA) is 46.2 Å². The summed E-state index contributed by atoms with van der Waals surface area (Å²) in [6.45, 7) is 3.71. The van der Waals surface area contributed by atoms with Gasteiger partial charge in [0.2, 0.25) is 5.91 Å². The molecule has 0 saturated heterocycles. The van der Waals surface area contributed by atoms with Crippen LogP contribution in [0, 0.1) is 0 Å². The van der Waals surface area contributed by atoms with E-state index < -0.39 is 6.04 Å². The number of carbonyl (C=O) groups excluding carboxylic acids is 2. The highest BCUT2D eigenvalue weighted by Crippen LogP contribution is 1.96. The fourth-order valence-electron chi connectivity index (χ4n) is 0.968. The average Bonchev–Trinajstić information content (AvgIpc) is 2.13. The van der Waals surface area contributed by atoms with Gasteiger partial charge in [0, 0.05) is 18.6 Å². The predicted octanol–water partition coefficient (Wildman–Crippen LogP) is 1.18. The van der Waals surface area contributed by atoms with E-state index in [0.29, 0.717) is 18.6 Å². The maximum atomic E-state index is 11.2. The molecule has 0 aliphatic rings. The van der Waals surface area contributed by atoms with Crippen LogP contribution in [0.3, 0.4) is 0 Å². The van der Waals surface area contributed by atoms with Gasteiger partial charge in [-0.3, -0.25) is 9.59 Å². The molecule has 0 aliphatic heterocycles. The van der Waals surface area contributed by atoms with Crippen molar-refractivity contribution in [2.24, 2.45) is 0 Å². The van der Waals surface area contributed by atoms with E-state index >= 15 is 0 Å². The zero-order valence-corrected chi connectivity index (χ0v) is 9.06. The standard InChI is InChI=1S/C9H17NO2S/c1-3-5-9(12)10-7(6-13)8(11)4-2/h7,13H,3-6H2,1-2H3,(H,10,12). The summed E-state index contributed by atoms with van der Waals surface area (Å²) in [5.41, 5.74) is 0. The predicted molar refractivity (Wildman–Crippen MR) is 56.0 cm³/mol. The van der Waals surface area contributed by atoms with Crippen molar-refractivity contribution in [1.29, 1.82) is 0 Å². The van der Waals surface area contributed by atoms with E-state index in [9.17, 15) is 9.59 Å². The van der Waals surface area contributed by atoms with Crippen molar-refractivity contribution < 1.29 is 9.59 Å². The van der Waals surface area contributed by atoms with Crippen LogP contribution in [-0.4, -0.2) is 23.5 Å². The monoisotopic (exact) mass is 203 g/mol. The largest absolute Gasteiger partial charge is 0.345 e. The van der Waals surface area contributed by atoms with E-state index in [1.807, 2.05) is 6.92 Å². The summed E-state index contributed by atoms with van der Waals surface area (Å²) in [6, 6.07) is -0.410. The van der Waals surface area contributed by atoms with Crippen molar-refractivity contribution >= 4 is 24.3 Å². The lowest BCUT2D eigenvalue weighted by Gasteiger charge is -2.13. The number of hydrogen-bond acceptors (Lipinski definition) is 3. The third-order valence-electron chi connectivity index (χ3n) is 1.73. The number of rotatable bonds is 6. The molecule has 0 saturated carbocycles. The lowest BCUT2D eigenvalue weighted by atomic mass is 10.1. The molecule has 1 unspecified atom stereocenters. The number of carbonyl (C=O) groups is 2. The zero-order valence-electron chi connectivity index (χ0n) is 8.17. The van der Waals surface area contributed by atoms with Gasteiger partial charge in [0.05, 0.1) is 6.04 Å². The molecule has 0 bridgehead atoms. The SMILES string of the molecule is CCCC(=O)NC(CS)C(=O)CC. The first-order valence-electron chi connectivity index (χ1n) is 4.58. The molecule has 0 heterocycles. The molecule has 1 amide bonds. The van der Waals surface area contributed by atoms with Crippen LogP contribution in [0.4, 0.5) is 0 Å². The first-order chi connectivity index (χ1) is 6.15. The van der Waals surface area contributed by atoms with Crippen LogP contribution >= 0.6 is 12.6 Å². The Labute approximate surface area is 84.7 Å². The molecular formula is C9H17NO2S. The van der Waals surface area contributed by atoms with Crippen LogP contribution in [0.2, 0.25) is 0 Å². The molecule has 1 N–H and O–H groups in total. The number of thiol groups is 1. The molecule has 0 aromatic heterocycles. The smallest absolute Gasteiger partial charge is 0.220 e. The highest BCUT2D eigenvalue weighted by molar-refractivity contribution is 7.80. The highest BCUT2D eigenvalue weighted by atomic mass is 32.1. The summed E-state index contributed by atoms with van der Waals surface area (Å²) in [7, 11) is 0. The normalized spacial score (nSPS) is 12.2. The zero-order chi connectivity index (χ0) is 10.3. The van der Waals surface area contributed by atoms with Gasteiger partial charge in [-0.2, -0.15) is 12.6 Å². The van der Waals surface area contributed by atoms with Crippen LogP contribution in [0.15, 0.2) is 0 Å². The Morgan fingerprint density at radius 1 is 1.38 bits per heavy atom. The Hall–Kier alpha value is -0.510. The van der Waals surface area contributed by atoms with Gasteiger partial charge in [0.25, 0.3) is 0 Å². The second-order valence-corrected chi connectivity index (χ2v) is 3.24.